The lowest BCUT2D eigenvalue weighted by molar-refractivity contribution is -0.148. The van der Waals surface area contributed by atoms with E-state index in [1.807, 2.05) is 13.8 Å². The molecule has 0 aromatic heterocycles. The first-order valence-electron chi connectivity index (χ1n) is 5.78. The van der Waals surface area contributed by atoms with Crippen molar-refractivity contribution in [3.63, 3.8) is 0 Å². The standard InChI is InChI=1S/C12H24O3/c1-10(2)6-5-7-14-8-9-15-12(13)11(3)4/h10-11H,5-9H2,1-4H3. The van der Waals surface area contributed by atoms with E-state index in [4.69, 9.17) is 9.47 Å². The third kappa shape index (κ3) is 9.73. The second kappa shape index (κ2) is 8.72. The molecular formula is C12H24O3. The maximum atomic E-state index is 11.0. The fraction of sp³-hybridized carbons (Fsp3) is 0.917. The van der Waals surface area contributed by atoms with Gasteiger partial charge in [0.15, 0.2) is 0 Å². The Morgan fingerprint density at radius 3 is 2.27 bits per heavy atom. The van der Waals surface area contributed by atoms with Crippen molar-refractivity contribution in [1.82, 2.24) is 0 Å². The molecule has 0 saturated heterocycles. The second-order valence-corrected chi connectivity index (χ2v) is 4.47. The molecule has 0 N–H and O–H groups in total. The number of carbonyl (C=O) groups is 1. The zero-order chi connectivity index (χ0) is 11.7. The summed E-state index contributed by atoms with van der Waals surface area (Å²) in [6, 6.07) is 0. The van der Waals surface area contributed by atoms with Gasteiger partial charge in [0.1, 0.15) is 6.61 Å². The first-order chi connectivity index (χ1) is 7.04. The van der Waals surface area contributed by atoms with E-state index in [0.29, 0.717) is 13.2 Å². The average molecular weight is 216 g/mol. The summed E-state index contributed by atoms with van der Waals surface area (Å²) in [6.45, 7) is 9.69. The number of hydrogen-bond acceptors (Lipinski definition) is 3. The summed E-state index contributed by atoms with van der Waals surface area (Å²) in [7, 11) is 0. The van der Waals surface area contributed by atoms with Crippen LogP contribution < -0.4 is 0 Å². The highest BCUT2D eigenvalue weighted by Crippen LogP contribution is 2.03. The number of carbonyl (C=O) groups excluding carboxylic acids is 1. The zero-order valence-electron chi connectivity index (χ0n) is 10.4. The van der Waals surface area contributed by atoms with Gasteiger partial charge in [0, 0.05) is 6.61 Å². The Bertz CT molecular complexity index is 164. The van der Waals surface area contributed by atoms with Gasteiger partial charge >= 0.3 is 5.97 Å². The molecule has 0 aromatic rings. The van der Waals surface area contributed by atoms with Crippen LogP contribution in [0.15, 0.2) is 0 Å². The SMILES string of the molecule is CC(C)CCCOCCOC(=O)C(C)C. The molecule has 0 aliphatic carbocycles. The smallest absolute Gasteiger partial charge is 0.308 e. The van der Waals surface area contributed by atoms with Crippen LogP contribution in [0.3, 0.4) is 0 Å². The van der Waals surface area contributed by atoms with Gasteiger partial charge in [0.25, 0.3) is 0 Å². The van der Waals surface area contributed by atoms with E-state index in [9.17, 15) is 4.79 Å². The van der Waals surface area contributed by atoms with Crippen LogP contribution in [0, 0.1) is 11.8 Å². The van der Waals surface area contributed by atoms with Crippen LogP contribution in [0.4, 0.5) is 0 Å². The highest BCUT2D eigenvalue weighted by molar-refractivity contribution is 5.71. The molecule has 0 aromatic carbocycles. The molecule has 3 heteroatoms. The van der Waals surface area contributed by atoms with Crippen LogP contribution >= 0.6 is 0 Å². The molecule has 0 saturated carbocycles. The zero-order valence-corrected chi connectivity index (χ0v) is 10.4. The lowest BCUT2D eigenvalue weighted by atomic mass is 10.1. The van der Waals surface area contributed by atoms with Gasteiger partial charge in [0.05, 0.1) is 12.5 Å². The van der Waals surface area contributed by atoms with E-state index < -0.39 is 0 Å². The van der Waals surface area contributed by atoms with Crippen LogP contribution in [-0.2, 0) is 14.3 Å². The quantitative estimate of drug-likeness (QED) is 0.462. The van der Waals surface area contributed by atoms with E-state index in [1.165, 1.54) is 6.42 Å². The van der Waals surface area contributed by atoms with Gasteiger partial charge in [-0.1, -0.05) is 27.7 Å². The first-order valence-corrected chi connectivity index (χ1v) is 5.78. The topological polar surface area (TPSA) is 35.5 Å². The summed E-state index contributed by atoms with van der Waals surface area (Å²) in [5.74, 6) is 0.527. The third-order valence-electron chi connectivity index (χ3n) is 2.01. The van der Waals surface area contributed by atoms with Crippen LogP contribution in [0.5, 0.6) is 0 Å². The Labute approximate surface area is 93.1 Å². The molecule has 0 amide bonds. The number of rotatable bonds is 8. The summed E-state index contributed by atoms with van der Waals surface area (Å²) in [5.41, 5.74) is 0. The van der Waals surface area contributed by atoms with Gasteiger partial charge in [-0.05, 0) is 18.8 Å². The molecule has 0 aliphatic heterocycles. The molecule has 0 atom stereocenters. The number of hydrogen-bond donors (Lipinski definition) is 0. The lowest BCUT2D eigenvalue weighted by Crippen LogP contribution is -2.15. The van der Waals surface area contributed by atoms with Gasteiger partial charge in [-0.2, -0.15) is 0 Å². The van der Waals surface area contributed by atoms with E-state index >= 15 is 0 Å². The molecule has 0 spiro atoms. The monoisotopic (exact) mass is 216 g/mol. The molecule has 0 rings (SSSR count). The minimum Gasteiger partial charge on any atom is -0.463 e. The molecule has 0 bridgehead atoms. The van der Waals surface area contributed by atoms with Crippen molar-refractivity contribution in [2.75, 3.05) is 19.8 Å². The van der Waals surface area contributed by atoms with Crippen molar-refractivity contribution < 1.29 is 14.3 Å². The molecule has 0 fully saturated rings. The Morgan fingerprint density at radius 1 is 1.07 bits per heavy atom. The fourth-order valence-corrected chi connectivity index (χ4v) is 1.06. The molecule has 0 unspecified atom stereocenters. The number of ether oxygens (including phenoxy) is 2. The Kier molecular flexibility index (Phi) is 8.38. The summed E-state index contributed by atoms with van der Waals surface area (Å²) >= 11 is 0. The van der Waals surface area contributed by atoms with Crippen molar-refractivity contribution in [1.29, 1.82) is 0 Å². The normalized spacial score (nSPS) is 11.1. The van der Waals surface area contributed by atoms with Crippen LogP contribution in [0.2, 0.25) is 0 Å². The largest absolute Gasteiger partial charge is 0.463 e. The summed E-state index contributed by atoms with van der Waals surface area (Å²) in [6.07, 6.45) is 2.27. The Balaban J connectivity index is 3.15. The van der Waals surface area contributed by atoms with Crippen molar-refractivity contribution >= 4 is 5.97 Å². The Morgan fingerprint density at radius 2 is 1.73 bits per heavy atom. The van der Waals surface area contributed by atoms with E-state index in [1.54, 1.807) is 0 Å². The second-order valence-electron chi connectivity index (χ2n) is 4.47. The van der Waals surface area contributed by atoms with Gasteiger partial charge < -0.3 is 9.47 Å². The lowest BCUT2D eigenvalue weighted by Gasteiger charge is -2.08. The maximum absolute atomic E-state index is 11.0. The number of esters is 1. The van der Waals surface area contributed by atoms with Crippen molar-refractivity contribution in [3.8, 4) is 0 Å². The molecule has 90 valence electrons. The predicted molar refractivity (Wildman–Crippen MR) is 60.7 cm³/mol. The van der Waals surface area contributed by atoms with Gasteiger partial charge in [0.2, 0.25) is 0 Å². The van der Waals surface area contributed by atoms with Crippen LogP contribution in [0.25, 0.3) is 0 Å². The highest BCUT2D eigenvalue weighted by Gasteiger charge is 2.06. The van der Waals surface area contributed by atoms with E-state index in [0.717, 1.165) is 18.9 Å². The summed E-state index contributed by atoms with van der Waals surface area (Å²) in [4.78, 5) is 11.0. The minimum absolute atomic E-state index is 0.0501. The molecule has 15 heavy (non-hydrogen) atoms. The van der Waals surface area contributed by atoms with Crippen molar-refractivity contribution in [2.45, 2.75) is 40.5 Å². The van der Waals surface area contributed by atoms with Gasteiger partial charge in [-0.3, -0.25) is 4.79 Å². The minimum atomic E-state index is -0.152. The van der Waals surface area contributed by atoms with Crippen molar-refractivity contribution in [3.05, 3.63) is 0 Å². The van der Waals surface area contributed by atoms with Gasteiger partial charge in [-0.15, -0.1) is 0 Å². The molecule has 0 aliphatic rings. The molecule has 3 nitrogen and oxygen atoms in total. The molecule has 0 radical (unpaired) electrons. The average Bonchev–Trinajstić information content (AvgIpc) is 2.15. The first kappa shape index (κ1) is 14.4. The van der Waals surface area contributed by atoms with E-state index in [2.05, 4.69) is 13.8 Å². The summed E-state index contributed by atoms with van der Waals surface area (Å²) in [5, 5.41) is 0. The molecular weight excluding hydrogens is 192 g/mol. The van der Waals surface area contributed by atoms with Gasteiger partial charge in [-0.25, -0.2) is 0 Å². The predicted octanol–water partition coefficient (Wildman–Crippen LogP) is 2.64. The summed E-state index contributed by atoms with van der Waals surface area (Å²) < 4.78 is 10.3. The fourth-order valence-electron chi connectivity index (χ4n) is 1.06. The van der Waals surface area contributed by atoms with Crippen LogP contribution in [-0.4, -0.2) is 25.8 Å². The van der Waals surface area contributed by atoms with Crippen molar-refractivity contribution in [2.24, 2.45) is 11.8 Å². The maximum Gasteiger partial charge on any atom is 0.308 e. The third-order valence-corrected chi connectivity index (χ3v) is 2.01. The Hall–Kier alpha value is -0.570. The molecule has 0 heterocycles. The van der Waals surface area contributed by atoms with Crippen LogP contribution in [0.1, 0.15) is 40.5 Å². The van der Waals surface area contributed by atoms with E-state index in [-0.39, 0.29) is 11.9 Å². The highest BCUT2D eigenvalue weighted by atomic mass is 16.6.